The molecule has 2 N–H and O–H groups in total. The van der Waals surface area contributed by atoms with E-state index in [1.165, 1.54) is 36.4 Å². The number of imide groups is 1. The number of carbonyl (C=O) groups is 3. The minimum Gasteiger partial charge on any atom is -0.336 e. The molecule has 6 nitrogen and oxygen atoms in total. The molecule has 4 amide bonds. The Morgan fingerprint density at radius 2 is 1.85 bits per heavy atom. The summed E-state index contributed by atoms with van der Waals surface area (Å²) in [5.41, 5.74) is 0.437. The highest BCUT2D eigenvalue weighted by Gasteiger charge is 2.39. The topological polar surface area (TPSA) is 78.5 Å². The summed E-state index contributed by atoms with van der Waals surface area (Å²) in [5.74, 6) is -3.23. The van der Waals surface area contributed by atoms with Gasteiger partial charge in [-0.15, -0.1) is 0 Å². The van der Waals surface area contributed by atoms with Crippen LogP contribution in [-0.2, 0) is 9.59 Å². The lowest BCUT2D eigenvalue weighted by molar-refractivity contribution is -0.130. The fraction of sp³-hybridized carbons (Fsp3) is 0.118. The van der Waals surface area contributed by atoms with Crippen molar-refractivity contribution in [2.75, 3.05) is 16.8 Å². The van der Waals surface area contributed by atoms with Crippen molar-refractivity contribution in [3.8, 4) is 0 Å². The monoisotopic (exact) mass is 395 g/mol. The van der Waals surface area contributed by atoms with E-state index in [9.17, 15) is 18.8 Å². The Morgan fingerprint density at radius 3 is 2.50 bits per heavy atom. The SMILES string of the molecule is O=C(Nc1ccc(Cl)c(F)c1)C1CNC(=O)N(c2ccc(Cl)cc2)C1=O. The van der Waals surface area contributed by atoms with Crippen LogP contribution in [0, 0.1) is 11.7 Å². The molecule has 1 fully saturated rings. The molecule has 1 aliphatic heterocycles. The average molecular weight is 396 g/mol. The normalized spacial score (nSPS) is 17.0. The Kier molecular flexibility index (Phi) is 5.11. The molecule has 134 valence electrons. The summed E-state index contributed by atoms with van der Waals surface area (Å²) in [4.78, 5) is 38.0. The number of nitrogens with one attached hydrogen (secondary N) is 2. The highest BCUT2D eigenvalue weighted by Crippen LogP contribution is 2.24. The molecular weight excluding hydrogens is 384 g/mol. The Morgan fingerprint density at radius 1 is 1.15 bits per heavy atom. The maximum Gasteiger partial charge on any atom is 0.328 e. The predicted octanol–water partition coefficient (Wildman–Crippen LogP) is 3.44. The van der Waals surface area contributed by atoms with Crippen LogP contribution in [0.5, 0.6) is 0 Å². The van der Waals surface area contributed by atoms with Gasteiger partial charge in [-0.3, -0.25) is 9.59 Å². The number of halogens is 3. The molecule has 0 spiro atoms. The van der Waals surface area contributed by atoms with Crippen LogP contribution >= 0.6 is 23.2 Å². The third-order valence-corrected chi connectivity index (χ3v) is 4.33. The number of nitrogens with zero attached hydrogens (tertiary/aromatic N) is 1. The molecule has 3 rings (SSSR count). The number of amides is 4. The van der Waals surface area contributed by atoms with Gasteiger partial charge in [-0.05, 0) is 42.5 Å². The van der Waals surface area contributed by atoms with E-state index in [2.05, 4.69) is 10.6 Å². The number of carbonyl (C=O) groups excluding carboxylic acids is 3. The smallest absolute Gasteiger partial charge is 0.328 e. The summed E-state index contributed by atoms with van der Waals surface area (Å²) in [6.45, 7) is -0.163. The molecule has 1 heterocycles. The summed E-state index contributed by atoms with van der Waals surface area (Å²) in [5, 5.41) is 5.30. The Hall–Kier alpha value is -2.64. The Balaban J connectivity index is 1.80. The summed E-state index contributed by atoms with van der Waals surface area (Å²) in [7, 11) is 0. The highest BCUT2D eigenvalue weighted by atomic mass is 35.5. The van der Waals surface area contributed by atoms with Gasteiger partial charge in [0.25, 0.3) is 0 Å². The summed E-state index contributed by atoms with van der Waals surface area (Å²) < 4.78 is 13.5. The standard InChI is InChI=1S/C17H12Cl2FN3O3/c18-9-1-4-11(5-2-9)23-16(25)12(8-21-17(23)26)15(24)22-10-3-6-13(19)14(20)7-10/h1-7,12H,8H2,(H,21,26)(H,22,24). The molecule has 1 saturated heterocycles. The molecular formula is C17H12Cl2FN3O3. The van der Waals surface area contributed by atoms with Gasteiger partial charge < -0.3 is 10.6 Å². The Bertz CT molecular complexity index is 889. The van der Waals surface area contributed by atoms with Crippen LogP contribution in [-0.4, -0.2) is 24.4 Å². The van der Waals surface area contributed by atoms with Crippen molar-refractivity contribution < 1.29 is 18.8 Å². The van der Waals surface area contributed by atoms with Gasteiger partial charge in [0.15, 0.2) is 0 Å². The minimum atomic E-state index is -1.16. The lowest BCUT2D eigenvalue weighted by Gasteiger charge is -2.30. The zero-order valence-electron chi connectivity index (χ0n) is 13.1. The average Bonchev–Trinajstić information content (AvgIpc) is 2.60. The maximum absolute atomic E-state index is 13.5. The van der Waals surface area contributed by atoms with E-state index in [4.69, 9.17) is 23.2 Å². The zero-order chi connectivity index (χ0) is 18.8. The minimum absolute atomic E-state index is 0.0853. The molecule has 0 saturated carbocycles. The van der Waals surface area contributed by atoms with Crippen molar-refractivity contribution in [3.63, 3.8) is 0 Å². The number of hydrogen-bond acceptors (Lipinski definition) is 3. The summed E-state index contributed by atoms with van der Waals surface area (Å²) in [6.07, 6.45) is 0. The van der Waals surface area contributed by atoms with Crippen LogP contribution in [0.15, 0.2) is 42.5 Å². The first kappa shape index (κ1) is 18.2. The first-order valence-corrected chi connectivity index (χ1v) is 8.25. The predicted molar refractivity (Wildman–Crippen MR) is 95.9 cm³/mol. The quantitative estimate of drug-likeness (QED) is 0.781. The lowest BCUT2D eigenvalue weighted by Crippen LogP contribution is -2.58. The molecule has 0 aliphatic carbocycles. The second kappa shape index (κ2) is 7.31. The second-order valence-electron chi connectivity index (χ2n) is 5.51. The molecule has 9 heteroatoms. The van der Waals surface area contributed by atoms with E-state index < -0.39 is 29.6 Å². The molecule has 0 radical (unpaired) electrons. The van der Waals surface area contributed by atoms with E-state index >= 15 is 0 Å². The van der Waals surface area contributed by atoms with Crippen LogP contribution < -0.4 is 15.5 Å². The van der Waals surface area contributed by atoms with E-state index in [1.54, 1.807) is 0 Å². The molecule has 2 aromatic rings. The van der Waals surface area contributed by atoms with E-state index in [1.807, 2.05) is 0 Å². The molecule has 1 unspecified atom stereocenters. The maximum atomic E-state index is 13.5. The van der Waals surface area contributed by atoms with Crippen LogP contribution in [0.25, 0.3) is 0 Å². The second-order valence-corrected chi connectivity index (χ2v) is 6.35. The van der Waals surface area contributed by atoms with Crippen molar-refractivity contribution in [2.24, 2.45) is 5.92 Å². The van der Waals surface area contributed by atoms with Crippen molar-refractivity contribution in [2.45, 2.75) is 0 Å². The van der Waals surface area contributed by atoms with Gasteiger partial charge in [-0.1, -0.05) is 23.2 Å². The molecule has 2 aromatic carbocycles. The van der Waals surface area contributed by atoms with Crippen LogP contribution in [0.2, 0.25) is 10.0 Å². The van der Waals surface area contributed by atoms with Gasteiger partial charge in [0.2, 0.25) is 11.8 Å². The summed E-state index contributed by atoms with van der Waals surface area (Å²) >= 11 is 11.4. The van der Waals surface area contributed by atoms with Crippen molar-refractivity contribution in [1.29, 1.82) is 0 Å². The zero-order valence-corrected chi connectivity index (χ0v) is 14.6. The molecule has 1 atom stereocenters. The van der Waals surface area contributed by atoms with Crippen LogP contribution in [0.4, 0.5) is 20.6 Å². The first-order chi connectivity index (χ1) is 12.4. The van der Waals surface area contributed by atoms with Crippen LogP contribution in [0.3, 0.4) is 0 Å². The Labute approximate surface area is 157 Å². The number of hydrogen-bond donors (Lipinski definition) is 2. The van der Waals surface area contributed by atoms with Crippen molar-refractivity contribution in [3.05, 3.63) is 58.3 Å². The largest absolute Gasteiger partial charge is 0.336 e. The highest BCUT2D eigenvalue weighted by molar-refractivity contribution is 6.31. The molecule has 0 bridgehead atoms. The van der Waals surface area contributed by atoms with E-state index in [-0.39, 0.29) is 22.9 Å². The number of benzene rings is 2. The van der Waals surface area contributed by atoms with Gasteiger partial charge in [0.05, 0.1) is 10.7 Å². The molecule has 1 aliphatic rings. The third kappa shape index (κ3) is 3.63. The fourth-order valence-corrected chi connectivity index (χ4v) is 2.70. The van der Waals surface area contributed by atoms with Crippen LogP contribution in [0.1, 0.15) is 0 Å². The third-order valence-electron chi connectivity index (χ3n) is 3.77. The van der Waals surface area contributed by atoms with Gasteiger partial charge >= 0.3 is 6.03 Å². The fourth-order valence-electron chi connectivity index (χ4n) is 2.45. The molecule has 0 aromatic heterocycles. The number of rotatable bonds is 3. The van der Waals surface area contributed by atoms with E-state index in [0.717, 1.165) is 11.0 Å². The first-order valence-electron chi connectivity index (χ1n) is 7.50. The van der Waals surface area contributed by atoms with Gasteiger partial charge in [0, 0.05) is 17.3 Å². The number of anilines is 2. The van der Waals surface area contributed by atoms with Crippen molar-refractivity contribution >= 4 is 52.4 Å². The van der Waals surface area contributed by atoms with Gasteiger partial charge in [-0.2, -0.15) is 0 Å². The van der Waals surface area contributed by atoms with E-state index in [0.29, 0.717) is 5.02 Å². The summed E-state index contributed by atoms with van der Waals surface area (Å²) in [6, 6.07) is 9.14. The van der Waals surface area contributed by atoms with Gasteiger partial charge in [-0.25, -0.2) is 14.1 Å². The molecule has 26 heavy (non-hydrogen) atoms. The van der Waals surface area contributed by atoms with Crippen molar-refractivity contribution in [1.82, 2.24) is 5.32 Å². The number of urea groups is 1. The lowest BCUT2D eigenvalue weighted by atomic mass is 10.0. The van der Waals surface area contributed by atoms with Gasteiger partial charge in [0.1, 0.15) is 11.7 Å².